The van der Waals surface area contributed by atoms with Gasteiger partial charge >= 0.3 is 0 Å². The molecule has 3 aromatic carbocycles. The number of benzene rings is 3. The highest BCUT2D eigenvalue weighted by Gasteiger charge is 2.10. The third-order valence-electron chi connectivity index (χ3n) is 4.42. The molecule has 0 atom stereocenters. The molecule has 0 aliphatic carbocycles. The average molecular weight is 478 g/mol. The van der Waals surface area contributed by atoms with E-state index in [1.54, 1.807) is 60.7 Å². The number of amides is 2. The maximum atomic E-state index is 12.6. The van der Waals surface area contributed by atoms with Gasteiger partial charge in [0.25, 0.3) is 11.8 Å². The highest BCUT2D eigenvalue weighted by Crippen LogP contribution is 2.17. The van der Waals surface area contributed by atoms with Gasteiger partial charge in [-0.25, -0.2) is 0 Å². The Kier molecular flexibility index (Phi) is 8.99. The molecule has 0 aliphatic heterocycles. The van der Waals surface area contributed by atoms with Crippen molar-refractivity contribution in [2.24, 2.45) is 5.92 Å². The van der Waals surface area contributed by atoms with Crippen molar-refractivity contribution in [2.75, 3.05) is 23.8 Å². The summed E-state index contributed by atoms with van der Waals surface area (Å²) in [5.41, 5.74) is 1.61. The van der Waals surface area contributed by atoms with Gasteiger partial charge in [0, 0.05) is 16.9 Å². The number of para-hydroxylation sites is 1. The van der Waals surface area contributed by atoms with Gasteiger partial charge in [0.15, 0.2) is 11.7 Å². The second kappa shape index (κ2) is 12.4. The quantitative estimate of drug-likeness (QED) is 0.381. The lowest BCUT2D eigenvalue weighted by molar-refractivity contribution is -0.118. The van der Waals surface area contributed by atoms with E-state index in [-0.39, 0.29) is 23.5 Å². The Morgan fingerprint density at radius 1 is 0.824 bits per heavy atom. The van der Waals surface area contributed by atoms with Crippen molar-refractivity contribution in [2.45, 2.75) is 13.8 Å². The highest BCUT2D eigenvalue weighted by atomic mass is 32.1. The van der Waals surface area contributed by atoms with Gasteiger partial charge in [0.05, 0.1) is 6.61 Å². The summed E-state index contributed by atoms with van der Waals surface area (Å²) in [6, 6.07) is 23.0. The van der Waals surface area contributed by atoms with Crippen LogP contribution in [0.1, 0.15) is 24.2 Å². The summed E-state index contributed by atoms with van der Waals surface area (Å²) in [7, 11) is 0. The van der Waals surface area contributed by atoms with Crippen LogP contribution in [0, 0.1) is 5.92 Å². The second-order valence-electron chi connectivity index (χ2n) is 7.87. The summed E-state index contributed by atoms with van der Waals surface area (Å²) in [6.45, 7) is 4.56. The third-order valence-corrected chi connectivity index (χ3v) is 4.63. The monoisotopic (exact) mass is 477 g/mol. The molecule has 0 radical (unpaired) electrons. The van der Waals surface area contributed by atoms with Gasteiger partial charge in [-0.3, -0.25) is 14.9 Å². The molecule has 176 valence electrons. The first-order chi connectivity index (χ1) is 16.4. The number of nitrogens with one attached hydrogen (secondary N) is 3. The standard InChI is InChI=1S/C26H27N3O4S/c1-18(2)16-32-23-13-6-8-19(14-23)25(31)29-26(34)28-21-10-7-9-20(15-21)27-24(30)17-33-22-11-4-3-5-12-22/h3-15,18H,16-17H2,1-2H3,(H,27,30)(H2,28,29,31,34). The van der Waals surface area contributed by atoms with Crippen molar-refractivity contribution in [3.63, 3.8) is 0 Å². The minimum absolute atomic E-state index is 0.115. The first kappa shape index (κ1) is 24.7. The molecule has 0 heterocycles. The molecule has 0 aromatic heterocycles. The lowest BCUT2D eigenvalue weighted by Gasteiger charge is -2.13. The van der Waals surface area contributed by atoms with Gasteiger partial charge in [0.1, 0.15) is 11.5 Å². The van der Waals surface area contributed by atoms with Crippen LogP contribution in [0.5, 0.6) is 11.5 Å². The van der Waals surface area contributed by atoms with Gasteiger partial charge in [-0.1, -0.05) is 44.2 Å². The van der Waals surface area contributed by atoms with E-state index in [4.69, 9.17) is 21.7 Å². The number of carbonyl (C=O) groups excluding carboxylic acids is 2. The van der Waals surface area contributed by atoms with Crippen molar-refractivity contribution in [3.05, 3.63) is 84.4 Å². The Morgan fingerprint density at radius 2 is 1.50 bits per heavy atom. The number of carbonyl (C=O) groups is 2. The second-order valence-corrected chi connectivity index (χ2v) is 8.28. The molecule has 7 nitrogen and oxygen atoms in total. The number of rotatable bonds is 9. The smallest absolute Gasteiger partial charge is 0.262 e. The summed E-state index contributed by atoms with van der Waals surface area (Å²) < 4.78 is 11.1. The van der Waals surface area contributed by atoms with Crippen LogP contribution in [-0.4, -0.2) is 30.1 Å². The van der Waals surface area contributed by atoms with E-state index in [0.717, 1.165) is 0 Å². The van der Waals surface area contributed by atoms with Gasteiger partial charge in [-0.15, -0.1) is 0 Å². The van der Waals surface area contributed by atoms with Crippen LogP contribution in [0.25, 0.3) is 0 Å². The molecule has 3 rings (SSSR count). The third kappa shape index (κ3) is 8.22. The molecule has 34 heavy (non-hydrogen) atoms. The molecule has 0 saturated heterocycles. The van der Waals surface area contributed by atoms with E-state index in [2.05, 4.69) is 29.8 Å². The number of hydrogen-bond donors (Lipinski definition) is 3. The number of anilines is 2. The van der Waals surface area contributed by atoms with E-state index in [1.165, 1.54) is 0 Å². The minimum atomic E-state index is -0.352. The van der Waals surface area contributed by atoms with Crippen molar-refractivity contribution < 1.29 is 19.1 Å². The molecule has 0 bridgehead atoms. The van der Waals surface area contributed by atoms with Crippen LogP contribution >= 0.6 is 12.2 Å². The van der Waals surface area contributed by atoms with Crippen molar-refractivity contribution in [1.29, 1.82) is 0 Å². The molecule has 2 amide bonds. The van der Waals surface area contributed by atoms with Crippen LogP contribution < -0.4 is 25.4 Å². The van der Waals surface area contributed by atoms with E-state index in [9.17, 15) is 9.59 Å². The van der Waals surface area contributed by atoms with Gasteiger partial charge in [-0.2, -0.15) is 0 Å². The van der Waals surface area contributed by atoms with Crippen LogP contribution in [0.4, 0.5) is 11.4 Å². The van der Waals surface area contributed by atoms with Crippen molar-refractivity contribution in [1.82, 2.24) is 5.32 Å². The molecule has 0 unspecified atom stereocenters. The molecule has 0 spiro atoms. The molecule has 3 aromatic rings. The minimum Gasteiger partial charge on any atom is -0.493 e. The van der Waals surface area contributed by atoms with E-state index < -0.39 is 0 Å². The fraction of sp³-hybridized carbons (Fsp3) is 0.192. The fourth-order valence-corrected chi connectivity index (χ4v) is 3.08. The molecule has 0 aliphatic rings. The predicted octanol–water partition coefficient (Wildman–Crippen LogP) is 4.87. The summed E-state index contributed by atoms with van der Waals surface area (Å²) in [5.74, 6) is 0.976. The summed E-state index contributed by atoms with van der Waals surface area (Å²) in [5, 5.41) is 8.51. The predicted molar refractivity (Wildman–Crippen MR) is 137 cm³/mol. The van der Waals surface area contributed by atoms with Gasteiger partial charge < -0.3 is 20.1 Å². The summed E-state index contributed by atoms with van der Waals surface area (Å²) >= 11 is 5.28. The van der Waals surface area contributed by atoms with Gasteiger partial charge in [-0.05, 0) is 66.7 Å². The van der Waals surface area contributed by atoms with Crippen molar-refractivity contribution >= 4 is 40.5 Å². The van der Waals surface area contributed by atoms with Crippen LogP contribution in [-0.2, 0) is 4.79 Å². The Bertz CT molecular complexity index is 1140. The average Bonchev–Trinajstić information content (AvgIpc) is 2.82. The van der Waals surface area contributed by atoms with Crippen LogP contribution in [0.3, 0.4) is 0 Å². The van der Waals surface area contributed by atoms with E-state index in [0.29, 0.717) is 41.0 Å². The Hall–Kier alpha value is -3.91. The first-order valence-corrected chi connectivity index (χ1v) is 11.2. The Morgan fingerprint density at radius 3 is 2.24 bits per heavy atom. The Labute approximate surface area is 204 Å². The molecular formula is C26H27N3O4S. The van der Waals surface area contributed by atoms with Gasteiger partial charge in [0.2, 0.25) is 0 Å². The fourth-order valence-electron chi connectivity index (χ4n) is 2.87. The maximum absolute atomic E-state index is 12.6. The zero-order valence-electron chi connectivity index (χ0n) is 19.0. The molecule has 0 saturated carbocycles. The SMILES string of the molecule is CC(C)COc1cccc(C(=O)NC(=S)Nc2cccc(NC(=O)COc3ccccc3)c2)c1. The lowest BCUT2D eigenvalue weighted by atomic mass is 10.2. The van der Waals surface area contributed by atoms with Crippen LogP contribution in [0.2, 0.25) is 0 Å². The zero-order chi connectivity index (χ0) is 24.3. The largest absolute Gasteiger partial charge is 0.493 e. The normalized spacial score (nSPS) is 10.3. The number of thiocarbonyl (C=S) groups is 1. The Balaban J connectivity index is 1.51. The maximum Gasteiger partial charge on any atom is 0.262 e. The summed E-state index contributed by atoms with van der Waals surface area (Å²) in [6.07, 6.45) is 0. The topological polar surface area (TPSA) is 88.7 Å². The lowest BCUT2D eigenvalue weighted by Crippen LogP contribution is -2.34. The van der Waals surface area contributed by atoms with Crippen LogP contribution in [0.15, 0.2) is 78.9 Å². The molecule has 0 fully saturated rings. The number of hydrogen-bond acceptors (Lipinski definition) is 5. The molecule has 3 N–H and O–H groups in total. The molecule has 8 heteroatoms. The highest BCUT2D eigenvalue weighted by molar-refractivity contribution is 7.80. The van der Waals surface area contributed by atoms with E-state index in [1.807, 2.05) is 18.2 Å². The summed E-state index contributed by atoms with van der Waals surface area (Å²) in [4.78, 5) is 24.8. The van der Waals surface area contributed by atoms with E-state index >= 15 is 0 Å². The van der Waals surface area contributed by atoms with Crippen molar-refractivity contribution in [3.8, 4) is 11.5 Å². The zero-order valence-corrected chi connectivity index (χ0v) is 19.9. The number of ether oxygens (including phenoxy) is 2. The first-order valence-electron chi connectivity index (χ1n) is 10.8. The molecular weight excluding hydrogens is 450 g/mol.